The van der Waals surface area contributed by atoms with E-state index in [1.165, 1.54) is 11.8 Å². The molecule has 6 nitrogen and oxygen atoms in total. The Morgan fingerprint density at radius 1 is 1.13 bits per heavy atom. The highest BCUT2D eigenvalue weighted by molar-refractivity contribution is 7.98. The second-order valence-electron chi connectivity index (χ2n) is 7.15. The molecule has 0 radical (unpaired) electrons. The molecule has 0 bridgehead atoms. The number of nitrogens with one attached hydrogen (secondary N) is 1. The predicted molar refractivity (Wildman–Crippen MR) is 120 cm³/mol. The minimum Gasteiger partial charge on any atom is -0.485 e. The van der Waals surface area contributed by atoms with E-state index >= 15 is 0 Å². The molecule has 0 fully saturated rings. The third kappa shape index (κ3) is 4.37. The number of aromatic nitrogens is 4. The number of pyridine rings is 1. The molecule has 0 unspecified atom stereocenters. The maximum atomic E-state index is 12.4. The van der Waals surface area contributed by atoms with Gasteiger partial charge < -0.3 is 14.3 Å². The van der Waals surface area contributed by atoms with Gasteiger partial charge in [-0.1, -0.05) is 35.5 Å². The van der Waals surface area contributed by atoms with E-state index in [-0.39, 0.29) is 5.43 Å². The Morgan fingerprint density at radius 3 is 2.80 bits per heavy atom. The van der Waals surface area contributed by atoms with E-state index in [1.54, 1.807) is 18.2 Å². The van der Waals surface area contributed by atoms with Gasteiger partial charge in [0, 0.05) is 40.5 Å². The van der Waals surface area contributed by atoms with Crippen LogP contribution >= 0.6 is 23.4 Å². The molecule has 0 aliphatic heterocycles. The summed E-state index contributed by atoms with van der Waals surface area (Å²) >= 11 is 7.49. The van der Waals surface area contributed by atoms with Crippen molar-refractivity contribution in [2.24, 2.45) is 7.05 Å². The van der Waals surface area contributed by atoms with Crippen molar-refractivity contribution in [1.29, 1.82) is 0 Å². The molecule has 30 heavy (non-hydrogen) atoms. The average Bonchev–Trinajstić information content (AvgIpc) is 3.07. The van der Waals surface area contributed by atoms with Crippen molar-refractivity contribution in [3.63, 3.8) is 0 Å². The summed E-state index contributed by atoms with van der Waals surface area (Å²) in [4.78, 5) is 15.7. The highest BCUT2D eigenvalue weighted by Gasteiger charge is 2.12. The molecule has 0 saturated heterocycles. The fourth-order valence-corrected chi connectivity index (χ4v) is 4.11. The topological polar surface area (TPSA) is 72.8 Å². The number of H-pyrrole nitrogens is 1. The van der Waals surface area contributed by atoms with E-state index < -0.39 is 0 Å². The van der Waals surface area contributed by atoms with Crippen LogP contribution in [0.3, 0.4) is 0 Å². The average molecular weight is 441 g/mol. The molecule has 0 spiro atoms. The smallest absolute Gasteiger partial charge is 0.191 e. The lowest BCUT2D eigenvalue weighted by Gasteiger charge is -2.10. The summed E-state index contributed by atoms with van der Waals surface area (Å²) in [5.74, 6) is 2.15. The third-order valence-corrected chi connectivity index (χ3v) is 6.13. The van der Waals surface area contributed by atoms with Gasteiger partial charge in [0.25, 0.3) is 0 Å². The Bertz CT molecular complexity index is 1280. The van der Waals surface area contributed by atoms with Crippen molar-refractivity contribution in [3.8, 4) is 5.75 Å². The van der Waals surface area contributed by atoms with Crippen molar-refractivity contribution in [1.82, 2.24) is 19.7 Å². The van der Waals surface area contributed by atoms with Crippen LogP contribution in [0.1, 0.15) is 22.6 Å². The van der Waals surface area contributed by atoms with Crippen LogP contribution in [0.2, 0.25) is 5.02 Å². The number of hydrogen-bond donors (Lipinski definition) is 1. The minimum atomic E-state index is -0.0533. The lowest BCUT2D eigenvalue weighted by molar-refractivity contribution is 0.288. The van der Waals surface area contributed by atoms with Crippen molar-refractivity contribution in [2.45, 2.75) is 31.4 Å². The monoisotopic (exact) mass is 440 g/mol. The number of nitrogens with zero attached hydrogens (tertiary/aromatic N) is 3. The van der Waals surface area contributed by atoms with E-state index in [4.69, 9.17) is 16.3 Å². The first-order valence-electron chi connectivity index (χ1n) is 9.43. The maximum absolute atomic E-state index is 12.4. The van der Waals surface area contributed by atoms with Gasteiger partial charge in [0.15, 0.2) is 16.4 Å². The summed E-state index contributed by atoms with van der Waals surface area (Å²) < 4.78 is 7.85. The fraction of sp³-hybridized carbons (Fsp3) is 0.227. The van der Waals surface area contributed by atoms with Gasteiger partial charge in [0.1, 0.15) is 12.4 Å². The van der Waals surface area contributed by atoms with Crippen LogP contribution in [-0.4, -0.2) is 19.7 Å². The number of fused-ring (bicyclic) bond motifs is 1. The molecule has 4 aromatic rings. The van der Waals surface area contributed by atoms with E-state index in [9.17, 15) is 4.79 Å². The molecule has 154 valence electrons. The van der Waals surface area contributed by atoms with Gasteiger partial charge in [0.05, 0.1) is 0 Å². The molecule has 2 aromatic carbocycles. The molecular weight excluding hydrogens is 420 g/mol. The summed E-state index contributed by atoms with van der Waals surface area (Å²) in [5.41, 5.74) is 3.76. The molecule has 8 heteroatoms. The third-order valence-electron chi connectivity index (χ3n) is 4.83. The fourth-order valence-electron chi connectivity index (χ4n) is 3.10. The van der Waals surface area contributed by atoms with Gasteiger partial charge >= 0.3 is 0 Å². The van der Waals surface area contributed by atoms with E-state index in [1.807, 2.05) is 43.7 Å². The molecule has 0 saturated carbocycles. The summed E-state index contributed by atoms with van der Waals surface area (Å²) in [6.45, 7) is 4.39. The van der Waals surface area contributed by atoms with Gasteiger partial charge in [-0.05, 0) is 49.2 Å². The van der Waals surface area contributed by atoms with Crippen LogP contribution in [0, 0.1) is 13.8 Å². The van der Waals surface area contributed by atoms with Gasteiger partial charge in [0.2, 0.25) is 0 Å². The van der Waals surface area contributed by atoms with Gasteiger partial charge in [-0.25, -0.2) is 0 Å². The number of halogens is 1. The van der Waals surface area contributed by atoms with Crippen LogP contribution < -0.4 is 10.2 Å². The van der Waals surface area contributed by atoms with Crippen LogP contribution in [0.5, 0.6) is 5.75 Å². The van der Waals surface area contributed by atoms with Crippen LogP contribution in [-0.2, 0) is 19.4 Å². The number of thioether (sulfide) groups is 1. The summed E-state index contributed by atoms with van der Waals surface area (Å²) in [7, 11) is 1.91. The molecule has 0 atom stereocenters. The number of aryl methyl sites for hydroxylation is 2. The number of benzene rings is 2. The Labute approximate surface area is 183 Å². The molecule has 4 rings (SSSR count). The molecule has 1 N–H and O–H groups in total. The van der Waals surface area contributed by atoms with E-state index in [2.05, 4.69) is 21.2 Å². The first kappa shape index (κ1) is 20.5. The molecular formula is C22H21ClN4O2S. The Morgan fingerprint density at radius 2 is 1.97 bits per heavy atom. The SMILES string of the molecule is Cc1ccc(C)c(OCc2nnc(SCc3cc(=O)c4cc(Cl)ccc4[nH]3)n2C)c1. The maximum Gasteiger partial charge on any atom is 0.191 e. The minimum absolute atomic E-state index is 0.0533. The first-order chi connectivity index (χ1) is 14.4. The van der Waals surface area contributed by atoms with Gasteiger partial charge in [-0.2, -0.15) is 0 Å². The van der Waals surface area contributed by atoms with E-state index in [0.717, 1.165) is 39.1 Å². The second kappa shape index (κ2) is 8.53. The van der Waals surface area contributed by atoms with E-state index in [0.29, 0.717) is 22.8 Å². The van der Waals surface area contributed by atoms with Crippen molar-refractivity contribution in [3.05, 3.63) is 80.4 Å². The summed E-state index contributed by atoms with van der Waals surface area (Å²) in [6.07, 6.45) is 0. The largest absolute Gasteiger partial charge is 0.485 e. The quantitative estimate of drug-likeness (QED) is 0.436. The van der Waals surface area contributed by atoms with Crippen LogP contribution in [0.4, 0.5) is 0 Å². The lowest BCUT2D eigenvalue weighted by Crippen LogP contribution is -2.06. The van der Waals surface area contributed by atoms with Crippen LogP contribution in [0.15, 0.2) is 52.4 Å². The van der Waals surface area contributed by atoms with Gasteiger partial charge in [-0.3, -0.25) is 4.79 Å². The number of aromatic amines is 1. The standard InChI is InChI=1S/C22H21ClN4O2S/c1-13-4-5-14(2)20(8-13)29-11-21-25-26-22(27(21)3)30-12-16-10-19(28)17-9-15(23)6-7-18(17)24-16/h4-10H,11-12H2,1-3H3,(H,24,28). The zero-order valence-electron chi connectivity index (χ0n) is 16.9. The Kier molecular flexibility index (Phi) is 5.83. The molecule has 0 amide bonds. The summed E-state index contributed by atoms with van der Waals surface area (Å²) in [5, 5.41) is 10.4. The molecule has 0 aliphatic rings. The lowest BCUT2D eigenvalue weighted by atomic mass is 10.1. The Balaban J connectivity index is 1.45. The van der Waals surface area contributed by atoms with Crippen molar-refractivity contribution < 1.29 is 4.74 Å². The number of ether oxygens (including phenoxy) is 1. The Hall–Kier alpha value is -2.77. The zero-order valence-corrected chi connectivity index (χ0v) is 18.5. The summed E-state index contributed by atoms with van der Waals surface area (Å²) in [6, 6.07) is 13.0. The van der Waals surface area contributed by atoms with Gasteiger partial charge in [-0.15, -0.1) is 10.2 Å². The molecule has 2 heterocycles. The molecule has 0 aliphatic carbocycles. The normalized spacial score (nSPS) is 11.2. The number of hydrogen-bond acceptors (Lipinski definition) is 5. The second-order valence-corrected chi connectivity index (χ2v) is 8.53. The first-order valence-corrected chi connectivity index (χ1v) is 10.8. The van der Waals surface area contributed by atoms with Crippen molar-refractivity contribution >= 4 is 34.3 Å². The number of rotatable bonds is 6. The van der Waals surface area contributed by atoms with Crippen LogP contribution in [0.25, 0.3) is 10.9 Å². The van der Waals surface area contributed by atoms with Crippen molar-refractivity contribution in [2.75, 3.05) is 0 Å². The predicted octanol–water partition coefficient (Wildman–Crippen LogP) is 4.80. The highest BCUT2D eigenvalue weighted by atomic mass is 35.5. The molecule has 2 aromatic heterocycles. The zero-order chi connectivity index (χ0) is 21.3. The highest BCUT2D eigenvalue weighted by Crippen LogP contribution is 2.23.